The number of pyridine rings is 1. The molecule has 1 saturated carbocycles. The number of hydrogen-bond donors (Lipinski definition) is 3. The van der Waals surface area contributed by atoms with Crippen LogP contribution in [-0.4, -0.2) is 26.1 Å². The fourth-order valence-electron chi connectivity index (χ4n) is 4.42. The lowest BCUT2D eigenvalue weighted by Gasteiger charge is -2.24. The van der Waals surface area contributed by atoms with E-state index in [1.54, 1.807) is 23.9 Å². The molecule has 1 unspecified atom stereocenters. The van der Waals surface area contributed by atoms with Crippen LogP contribution in [0.1, 0.15) is 44.9 Å². The van der Waals surface area contributed by atoms with Crippen LogP contribution in [0, 0.1) is 4.78 Å². The molecule has 3 aromatic rings. The first-order valence-electron chi connectivity index (χ1n) is 10.7. The number of aromatic nitrogens is 2. The van der Waals surface area contributed by atoms with Gasteiger partial charge in [0.05, 0.1) is 9.73 Å². The number of benzene rings is 1. The van der Waals surface area contributed by atoms with E-state index in [1.165, 1.54) is 38.4 Å². The van der Waals surface area contributed by atoms with Crippen molar-refractivity contribution < 1.29 is 4.21 Å². The van der Waals surface area contributed by atoms with Gasteiger partial charge in [-0.05, 0) is 37.1 Å². The highest BCUT2D eigenvalue weighted by atomic mass is 32.2. The molecule has 2 aromatic heterocycles. The van der Waals surface area contributed by atoms with Crippen LogP contribution in [0.4, 0.5) is 5.69 Å². The third-order valence-electron chi connectivity index (χ3n) is 6.09. The van der Waals surface area contributed by atoms with Crippen LogP contribution in [0.5, 0.6) is 0 Å². The van der Waals surface area contributed by atoms with E-state index in [0.717, 1.165) is 35.0 Å². The molecular formula is C23H30N4O2S. The van der Waals surface area contributed by atoms with Crippen LogP contribution in [0.25, 0.3) is 22.0 Å². The van der Waals surface area contributed by atoms with Crippen molar-refractivity contribution in [2.45, 2.75) is 55.9 Å². The molecule has 1 atom stereocenters. The lowest BCUT2D eigenvalue weighted by Crippen LogP contribution is -2.21. The fraction of sp³-hybridized carbons (Fsp3) is 0.435. The van der Waals surface area contributed by atoms with Gasteiger partial charge in [-0.1, -0.05) is 32.1 Å². The second-order valence-corrected chi connectivity index (χ2v) is 10.6. The zero-order chi connectivity index (χ0) is 21.3. The number of H-pyrrole nitrogens is 1. The molecule has 0 bridgehead atoms. The maximum Gasteiger partial charge on any atom is 0.274 e. The summed E-state index contributed by atoms with van der Waals surface area (Å²) < 4.78 is 22.1. The van der Waals surface area contributed by atoms with Gasteiger partial charge >= 0.3 is 0 Å². The Kier molecular flexibility index (Phi) is 5.73. The van der Waals surface area contributed by atoms with Crippen molar-refractivity contribution in [3.8, 4) is 11.1 Å². The number of aromatic amines is 1. The summed E-state index contributed by atoms with van der Waals surface area (Å²) in [6.07, 6.45) is 13.7. The predicted octanol–water partition coefficient (Wildman–Crippen LogP) is 5.09. The minimum absolute atomic E-state index is 0.0794. The first-order valence-corrected chi connectivity index (χ1v) is 12.6. The standard InChI is InChI=1S/C23H30N4O2S/c1-27-15-20(18-12-13-25-22(18)23(27)28)19-14-17(30(2,24)29)10-11-21(19)26-16-8-6-4-3-5-7-9-16/h10-16,24-26H,3-9H2,1-2H3. The van der Waals surface area contributed by atoms with E-state index in [1.807, 2.05) is 24.4 Å². The van der Waals surface area contributed by atoms with E-state index in [-0.39, 0.29) is 5.56 Å². The molecule has 1 aliphatic rings. The molecule has 0 radical (unpaired) electrons. The van der Waals surface area contributed by atoms with Crippen LogP contribution >= 0.6 is 0 Å². The van der Waals surface area contributed by atoms with Gasteiger partial charge in [0.15, 0.2) is 0 Å². The summed E-state index contributed by atoms with van der Waals surface area (Å²) in [5, 5.41) is 4.57. The average Bonchev–Trinajstić information content (AvgIpc) is 3.16. The van der Waals surface area contributed by atoms with E-state index in [9.17, 15) is 9.00 Å². The van der Waals surface area contributed by atoms with Gasteiger partial charge in [-0.25, -0.2) is 8.99 Å². The Morgan fingerprint density at radius 2 is 1.80 bits per heavy atom. The summed E-state index contributed by atoms with van der Waals surface area (Å²) in [5.41, 5.74) is 3.22. The van der Waals surface area contributed by atoms with E-state index in [4.69, 9.17) is 4.78 Å². The van der Waals surface area contributed by atoms with Crippen LogP contribution in [0.3, 0.4) is 0 Å². The average molecular weight is 427 g/mol. The number of nitrogens with zero attached hydrogens (tertiary/aromatic N) is 1. The zero-order valence-corrected chi connectivity index (χ0v) is 18.5. The number of aryl methyl sites for hydroxylation is 1. The molecule has 1 aromatic carbocycles. The molecule has 0 aliphatic heterocycles. The van der Waals surface area contributed by atoms with Crippen molar-refractivity contribution in [2.24, 2.45) is 7.05 Å². The highest BCUT2D eigenvalue weighted by Gasteiger charge is 2.18. The zero-order valence-electron chi connectivity index (χ0n) is 17.7. The summed E-state index contributed by atoms with van der Waals surface area (Å²) in [7, 11) is -1.11. The Morgan fingerprint density at radius 3 is 2.50 bits per heavy atom. The third-order valence-corrected chi connectivity index (χ3v) is 7.24. The van der Waals surface area contributed by atoms with Crippen molar-refractivity contribution in [3.05, 3.63) is 47.0 Å². The number of nitrogens with one attached hydrogen (secondary N) is 3. The third kappa shape index (κ3) is 4.17. The summed E-state index contributed by atoms with van der Waals surface area (Å²) in [5.74, 6) is 0. The second-order valence-electron chi connectivity index (χ2n) is 8.46. The summed E-state index contributed by atoms with van der Waals surface area (Å²) >= 11 is 0. The van der Waals surface area contributed by atoms with Gasteiger partial charge in [0.25, 0.3) is 5.56 Å². The van der Waals surface area contributed by atoms with Crippen LogP contribution < -0.4 is 10.9 Å². The minimum Gasteiger partial charge on any atom is -0.382 e. The van der Waals surface area contributed by atoms with E-state index in [0.29, 0.717) is 16.5 Å². The van der Waals surface area contributed by atoms with Gasteiger partial charge in [-0.15, -0.1) is 0 Å². The highest BCUT2D eigenvalue weighted by Crippen LogP contribution is 2.35. The molecule has 0 spiro atoms. The lowest BCUT2D eigenvalue weighted by atomic mass is 9.95. The summed E-state index contributed by atoms with van der Waals surface area (Å²) in [6.45, 7) is 0. The molecule has 0 saturated heterocycles. The Bertz CT molecular complexity index is 1220. The monoisotopic (exact) mass is 426 g/mol. The van der Waals surface area contributed by atoms with Crippen molar-refractivity contribution in [1.82, 2.24) is 9.55 Å². The van der Waals surface area contributed by atoms with Crippen LogP contribution in [0.15, 0.2) is 46.3 Å². The lowest BCUT2D eigenvalue weighted by molar-refractivity contribution is 0.471. The Morgan fingerprint density at radius 1 is 1.10 bits per heavy atom. The summed E-state index contributed by atoms with van der Waals surface area (Å²) in [4.78, 5) is 16.1. The molecule has 0 amide bonds. The first kappa shape index (κ1) is 20.7. The van der Waals surface area contributed by atoms with Gasteiger partial charge in [-0.3, -0.25) is 4.79 Å². The quantitative estimate of drug-likeness (QED) is 0.542. The molecule has 3 N–H and O–H groups in total. The van der Waals surface area contributed by atoms with Crippen molar-refractivity contribution >= 4 is 26.3 Å². The smallest absolute Gasteiger partial charge is 0.274 e. The molecule has 160 valence electrons. The highest BCUT2D eigenvalue weighted by molar-refractivity contribution is 7.91. The van der Waals surface area contributed by atoms with E-state index in [2.05, 4.69) is 10.3 Å². The number of anilines is 1. The molecule has 2 heterocycles. The normalized spacial score (nSPS) is 17.9. The first-order chi connectivity index (χ1) is 14.3. The molecule has 6 nitrogen and oxygen atoms in total. The van der Waals surface area contributed by atoms with Crippen molar-refractivity contribution in [2.75, 3.05) is 11.6 Å². The Labute approximate surface area is 177 Å². The van der Waals surface area contributed by atoms with Gasteiger partial charge in [-0.2, -0.15) is 0 Å². The summed E-state index contributed by atoms with van der Waals surface area (Å²) in [6, 6.07) is 7.89. The fourth-order valence-corrected chi connectivity index (χ4v) is 5.09. The van der Waals surface area contributed by atoms with Gasteiger partial charge in [0.1, 0.15) is 5.52 Å². The van der Waals surface area contributed by atoms with Crippen LogP contribution in [0.2, 0.25) is 0 Å². The SMILES string of the molecule is Cn1cc(-c2cc(S(C)(=N)=O)ccc2NC2CCCCCCC2)c2cc[nH]c2c1=O. The van der Waals surface area contributed by atoms with Crippen LogP contribution in [-0.2, 0) is 16.8 Å². The molecule has 7 heteroatoms. The molecular weight excluding hydrogens is 396 g/mol. The van der Waals surface area contributed by atoms with E-state index >= 15 is 0 Å². The molecule has 1 fully saturated rings. The Hall–Kier alpha value is -2.54. The predicted molar refractivity (Wildman–Crippen MR) is 124 cm³/mol. The number of rotatable bonds is 4. The molecule has 30 heavy (non-hydrogen) atoms. The largest absolute Gasteiger partial charge is 0.382 e. The van der Waals surface area contributed by atoms with Crippen molar-refractivity contribution in [1.29, 1.82) is 4.78 Å². The topological polar surface area (TPSA) is 90.7 Å². The van der Waals surface area contributed by atoms with E-state index < -0.39 is 9.73 Å². The second kappa shape index (κ2) is 8.30. The Balaban J connectivity index is 1.85. The van der Waals surface area contributed by atoms with Gasteiger partial charge in [0.2, 0.25) is 0 Å². The van der Waals surface area contributed by atoms with Gasteiger partial charge in [0, 0.05) is 58.8 Å². The molecule has 1 aliphatic carbocycles. The number of fused-ring (bicyclic) bond motifs is 1. The molecule has 4 rings (SSSR count). The van der Waals surface area contributed by atoms with Gasteiger partial charge < -0.3 is 14.9 Å². The number of hydrogen-bond acceptors (Lipinski definition) is 4. The maximum atomic E-state index is 12.5. The van der Waals surface area contributed by atoms with Crippen molar-refractivity contribution in [3.63, 3.8) is 0 Å². The minimum atomic E-state index is -2.86. The maximum absolute atomic E-state index is 12.5.